The molecule has 1 heterocycles. The number of aliphatic hydroxyl groups is 1. The number of unbranched alkanes of at least 4 members (excludes halogenated alkanes) is 1. The maximum Gasteiger partial charge on any atom is 0.240 e. The van der Waals surface area contributed by atoms with Crippen LogP contribution in [0.5, 0.6) is 0 Å². The minimum absolute atomic E-state index is 0.125. The number of carbonyl (C=O) groups is 1. The molecule has 4 nitrogen and oxygen atoms in total. The summed E-state index contributed by atoms with van der Waals surface area (Å²) in [6.07, 6.45) is 4.47. The quantitative estimate of drug-likeness (QED) is 0.561. The van der Waals surface area contributed by atoms with E-state index in [9.17, 15) is 4.79 Å². The van der Waals surface area contributed by atoms with Gasteiger partial charge in [-0.2, -0.15) is 0 Å². The molecule has 1 aliphatic rings. The molecule has 1 atom stereocenters. The predicted octanol–water partition coefficient (Wildman–Crippen LogP) is 0.407. The molecule has 0 aromatic carbocycles. The van der Waals surface area contributed by atoms with Crippen LogP contribution in [0.25, 0.3) is 0 Å². The summed E-state index contributed by atoms with van der Waals surface area (Å²) < 4.78 is 0. The molecule has 0 radical (unpaired) electrons. The molecule has 88 valence electrons. The monoisotopic (exact) mass is 214 g/mol. The van der Waals surface area contributed by atoms with Gasteiger partial charge in [-0.15, -0.1) is 0 Å². The molecular formula is C11H22N2O2. The highest BCUT2D eigenvalue weighted by Crippen LogP contribution is 2.22. The molecule has 0 bridgehead atoms. The summed E-state index contributed by atoms with van der Waals surface area (Å²) in [6.45, 7) is 3.86. The Bertz CT molecular complexity index is 201. The number of carbonyl (C=O) groups excluding carboxylic acids is 1. The van der Waals surface area contributed by atoms with Crippen molar-refractivity contribution in [3.05, 3.63) is 0 Å². The Balaban J connectivity index is 2.31. The summed E-state index contributed by atoms with van der Waals surface area (Å²) >= 11 is 0. The standard InChI is InChI=1S/C11H22N2O2/c1-2-11(6-5-8-13-11)10(15)12-7-3-4-9-14/h13-14H,2-9H2,1H3,(H,12,15). The van der Waals surface area contributed by atoms with Gasteiger partial charge in [-0.3, -0.25) is 4.79 Å². The first kappa shape index (κ1) is 12.5. The molecule has 1 amide bonds. The van der Waals surface area contributed by atoms with Gasteiger partial charge < -0.3 is 15.7 Å². The van der Waals surface area contributed by atoms with Crippen LogP contribution in [0.1, 0.15) is 39.0 Å². The lowest BCUT2D eigenvalue weighted by Crippen LogP contribution is -2.53. The molecule has 1 saturated heterocycles. The average Bonchev–Trinajstić information content (AvgIpc) is 2.74. The highest BCUT2D eigenvalue weighted by Gasteiger charge is 2.38. The zero-order chi connectivity index (χ0) is 11.1. The molecule has 0 aromatic heterocycles. The van der Waals surface area contributed by atoms with E-state index in [-0.39, 0.29) is 18.1 Å². The second kappa shape index (κ2) is 6.08. The molecule has 0 aromatic rings. The molecule has 3 N–H and O–H groups in total. The van der Waals surface area contributed by atoms with Crippen molar-refractivity contribution in [3.8, 4) is 0 Å². The van der Waals surface area contributed by atoms with Crippen LogP contribution in [-0.4, -0.2) is 36.2 Å². The van der Waals surface area contributed by atoms with Crippen LogP contribution in [0.15, 0.2) is 0 Å². The number of hydrogen-bond donors (Lipinski definition) is 3. The largest absolute Gasteiger partial charge is 0.396 e. The fraction of sp³-hybridized carbons (Fsp3) is 0.909. The van der Waals surface area contributed by atoms with Gasteiger partial charge in [-0.1, -0.05) is 6.92 Å². The Morgan fingerprint density at radius 1 is 1.53 bits per heavy atom. The lowest BCUT2D eigenvalue weighted by atomic mass is 9.93. The Hall–Kier alpha value is -0.610. The fourth-order valence-corrected chi connectivity index (χ4v) is 2.07. The number of hydrogen-bond acceptors (Lipinski definition) is 3. The molecule has 1 unspecified atom stereocenters. The van der Waals surface area contributed by atoms with Crippen molar-refractivity contribution in [3.63, 3.8) is 0 Å². The highest BCUT2D eigenvalue weighted by molar-refractivity contribution is 5.86. The predicted molar refractivity (Wildman–Crippen MR) is 59.6 cm³/mol. The van der Waals surface area contributed by atoms with Gasteiger partial charge >= 0.3 is 0 Å². The van der Waals surface area contributed by atoms with Crippen LogP contribution in [0.4, 0.5) is 0 Å². The third-order valence-corrected chi connectivity index (χ3v) is 3.15. The van der Waals surface area contributed by atoms with Gasteiger partial charge in [-0.05, 0) is 38.6 Å². The third-order valence-electron chi connectivity index (χ3n) is 3.15. The van der Waals surface area contributed by atoms with Gasteiger partial charge in [0.15, 0.2) is 0 Å². The second-order valence-electron chi connectivity index (χ2n) is 4.15. The van der Waals surface area contributed by atoms with Crippen molar-refractivity contribution in [2.24, 2.45) is 0 Å². The van der Waals surface area contributed by atoms with Crippen LogP contribution < -0.4 is 10.6 Å². The summed E-state index contributed by atoms with van der Waals surface area (Å²) in [5, 5.41) is 14.9. The van der Waals surface area contributed by atoms with E-state index in [1.54, 1.807) is 0 Å². The lowest BCUT2D eigenvalue weighted by Gasteiger charge is -2.26. The second-order valence-corrected chi connectivity index (χ2v) is 4.15. The first-order valence-electron chi connectivity index (χ1n) is 5.89. The third kappa shape index (κ3) is 3.18. The summed E-state index contributed by atoms with van der Waals surface area (Å²) in [7, 11) is 0. The number of aliphatic hydroxyl groups excluding tert-OH is 1. The molecule has 4 heteroatoms. The molecule has 1 aliphatic heterocycles. The molecule has 0 aliphatic carbocycles. The van der Waals surface area contributed by atoms with E-state index in [1.807, 2.05) is 6.92 Å². The van der Waals surface area contributed by atoms with Gasteiger partial charge in [-0.25, -0.2) is 0 Å². The Morgan fingerprint density at radius 3 is 2.87 bits per heavy atom. The molecule has 1 fully saturated rings. The van der Waals surface area contributed by atoms with Gasteiger partial charge in [0.1, 0.15) is 0 Å². The normalized spacial score (nSPS) is 25.5. The van der Waals surface area contributed by atoms with Crippen molar-refractivity contribution in [2.45, 2.75) is 44.6 Å². The van der Waals surface area contributed by atoms with Crippen LogP contribution in [-0.2, 0) is 4.79 Å². The molecule has 15 heavy (non-hydrogen) atoms. The van der Waals surface area contributed by atoms with Crippen LogP contribution >= 0.6 is 0 Å². The first-order chi connectivity index (χ1) is 7.25. The molecule has 0 saturated carbocycles. The van der Waals surface area contributed by atoms with E-state index in [2.05, 4.69) is 10.6 Å². The van der Waals surface area contributed by atoms with Gasteiger partial charge in [0.05, 0.1) is 5.54 Å². The molecule has 1 rings (SSSR count). The number of rotatable bonds is 6. The lowest BCUT2D eigenvalue weighted by molar-refractivity contribution is -0.127. The zero-order valence-corrected chi connectivity index (χ0v) is 9.51. The Labute approximate surface area is 91.4 Å². The minimum Gasteiger partial charge on any atom is -0.396 e. The maximum atomic E-state index is 11.9. The van der Waals surface area contributed by atoms with E-state index < -0.39 is 0 Å². The van der Waals surface area contributed by atoms with Gasteiger partial charge in [0, 0.05) is 13.2 Å². The number of nitrogens with one attached hydrogen (secondary N) is 2. The minimum atomic E-state index is -0.320. The summed E-state index contributed by atoms with van der Waals surface area (Å²) in [5.41, 5.74) is -0.320. The van der Waals surface area contributed by atoms with E-state index in [1.165, 1.54) is 0 Å². The smallest absolute Gasteiger partial charge is 0.240 e. The Morgan fingerprint density at radius 2 is 2.33 bits per heavy atom. The summed E-state index contributed by atoms with van der Waals surface area (Å²) in [5.74, 6) is 0.125. The SMILES string of the molecule is CCC1(C(=O)NCCCCO)CCCN1. The first-order valence-corrected chi connectivity index (χ1v) is 5.89. The van der Waals surface area contributed by atoms with Crippen LogP contribution in [0.2, 0.25) is 0 Å². The highest BCUT2D eigenvalue weighted by atomic mass is 16.2. The van der Waals surface area contributed by atoms with Crippen molar-refractivity contribution < 1.29 is 9.90 Å². The van der Waals surface area contributed by atoms with Gasteiger partial charge in [0.2, 0.25) is 5.91 Å². The fourth-order valence-electron chi connectivity index (χ4n) is 2.07. The van der Waals surface area contributed by atoms with E-state index in [4.69, 9.17) is 5.11 Å². The van der Waals surface area contributed by atoms with Crippen molar-refractivity contribution in [1.82, 2.24) is 10.6 Å². The Kier molecular flexibility index (Phi) is 5.05. The maximum absolute atomic E-state index is 11.9. The van der Waals surface area contributed by atoms with E-state index in [0.717, 1.165) is 38.6 Å². The van der Waals surface area contributed by atoms with E-state index in [0.29, 0.717) is 6.54 Å². The van der Waals surface area contributed by atoms with Crippen LogP contribution in [0.3, 0.4) is 0 Å². The van der Waals surface area contributed by atoms with E-state index >= 15 is 0 Å². The van der Waals surface area contributed by atoms with Crippen molar-refractivity contribution in [1.29, 1.82) is 0 Å². The summed E-state index contributed by atoms with van der Waals surface area (Å²) in [4.78, 5) is 11.9. The van der Waals surface area contributed by atoms with Crippen LogP contribution in [0, 0.1) is 0 Å². The number of amides is 1. The topological polar surface area (TPSA) is 61.4 Å². The summed E-state index contributed by atoms with van der Waals surface area (Å²) in [6, 6.07) is 0. The average molecular weight is 214 g/mol. The van der Waals surface area contributed by atoms with Crippen molar-refractivity contribution >= 4 is 5.91 Å². The van der Waals surface area contributed by atoms with Gasteiger partial charge in [0.25, 0.3) is 0 Å². The van der Waals surface area contributed by atoms with Crippen molar-refractivity contribution in [2.75, 3.05) is 19.7 Å². The zero-order valence-electron chi connectivity index (χ0n) is 9.51. The molecule has 0 spiro atoms. The molecular weight excluding hydrogens is 192 g/mol.